The zero-order chi connectivity index (χ0) is 26.4. The summed E-state index contributed by atoms with van der Waals surface area (Å²) in [6.07, 6.45) is 7.64. The first-order valence-electron chi connectivity index (χ1n) is 13.4. The standard InChI is InChI=1S/C29H41N5O3/c1-29(2)12-11-23-26(19-29)31-32-28(23)25-17-21-9-10-22(18-24(21)30-25)34(14-16-37-4)27(36)20-33(3)13-7-5-6-8-15-35/h9-10,15,17-18,30H,5-8,11-14,16,19-20H2,1-4H3,(H,31,32). The van der Waals surface area contributed by atoms with Crippen molar-refractivity contribution in [2.45, 2.75) is 58.8 Å². The van der Waals surface area contributed by atoms with E-state index in [9.17, 15) is 9.59 Å². The number of benzene rings is 1. The average Bonchev–Trinajstić information content (AvgIpc) is 3.46. The average molecular weight is 508 g/mol. The van der Waals surface area contributed by atoms with Crippen LogP contribution in [0.3, 0.4) is 0 Å². The van der Waals surface area contributed by atoms with Crippen LogP contribution < -0.4 is 4.90 Å². The third kappa shape index (κ3) is 6.67. The molecule has 0 aliphatic heterocycles. The summed E-state index contributed by atoms with van der Waals surface area (Å²) in [5.74, 6) is 0.0440. The first kappa shape index (κ1) is 27.1. The summed E-state index contributed by atoms with van der Waals surface area (Å²) in [5.41, 5.74) is 6.72. The van der Waals surface area contributed by atoms with Gasteiger partial charge in [-0.25, -0.2) is 0 Å². The number of methoxy groups -OCH3 is 1. The number of H-pyrrole nitrogens is 2. The van der Waals surface area contributed by atoms with E-state index in [4.69, 9.17) is 4.74 Å². The van der Waals surface area contributed by atoms with Crippen molar-refractivity contribution in [3.63, 3.8) is 0 Å². The van der Waals surface area contributed by atoms with E-state index in [2.05, 4.69) is 46.1 Å². The molecule has 0 fully saturated rings. The van der Waals surface area contributed by atoms with Crippen LogP contribution in [0.2, 0.25) is 0 Å². The minimum absolute atomic E-state index is 0.0440. The molecule has 0 saturated carbocycles. The monoisotopic (exact) mass is 507 g/mol. The van der Waals surface area contributed by atoms with Crippen LogP contribution in [0.5, 0.6) is 0 Å². The van der Waals surface area contributed by atoms with E-state index in [0.29, 0.717) is 31.5 Å². The molecule has 4 rings (SSSR count). The minimum Gasteiger partial charge on any atom is -0.383 e. The fraction of sp³-hybridized carbons (Fsp3) is 0.552. The number of unbranched alkanes of at least 4 members (excludes halogenated alkanes) is 3. The lowest BCUT2D eigenvalue weighted by Crippen LogP contribution is -2.41. The number of nitrogens with zero attached hydrogens (tertiary/aromatic N) is 3. The molecular formula is C29H41N5O3. The van der Waals surface area contributed by atoms with E-state index in [0.717, 1.165) is 79.3 Å². The van der Waals surface area contributed by atoms with Gasteiger partial charge in [-0.2, -0.15) is 5.10 Å². The lowest BCUT2D eigenvalue weighted by atomic mass is 9.76. The molecule has 1 amide bonds. The highest BCUT2D eigenvalue weighted by molar-refractivity contribution is 5.97. The van der Waals surface area contributed by atoms with E-state index in [1.807, 2.05) is 24.1 Å². The summed E-state index contributed by atoms with van der Waals surface area (Å²) in [6.45, 7) is 6.74. The van der Waals surface area contributed by atoms with Crippen LogP contribution in [-0.4, -0.2) is 72.7 Å². The lowest BCUT2D eigenvalue weighted by Gasteiger charge is -2.28. The molecule has 37 heavy (non-hydrogen) atoms. The molecular weight excluding hydrogens is 466 g/mol. The maximum absolute atomic E-state index is 13.3. The molecule has 1 aliphatic carbocycles. The largest absolute Gasteiger partial charge is 0.383 e. The number of ether oxygens (including phenoxy) is 1. The van der Waals surface area contributed by atoms with Gasteiger partial charge >= 0.3 is 0 Å². The number of carbonyl (C=O) groups excluding carboxylic acids is 2. The molecule has 8 nitrogen and oxygen atoms in total. The molecule has 0 atom stereocenters. The Morgan fingerprint density at radius 2 is 2.03 bits per heavy atom. The molecule has 200 valence electrons. The highest BCUT2D eigenvalue weighted by Gasteiger charge is 2.29. The molecule has 1 aromatic carbocycles. The topological polar surface area (TPSA) is 94.3 Å². The number of nitrogens with one attached hydrogen (secondary N) is 2. The molecule has 0 radical (unpaired) electrons. The van der Waals surface area contributed by atoms with Gasteiger partial charge in [0.05, 0.1) is 18.8 Å². The Bertz CT molecular complexity index is 1210. The van der Waals surface area contributed by atoms with E-state index in [1.54, 1.807) is 7.11 Å². The number of anilines is 1. The van der Waals surface area contributed by atoms with Gasteiger partial charge in [-0.3, -0.25) is 14.8 Å². The molecule has 0 unspecified atom stereocenters. The van der Waals surface area contributed by atoms with Gasteiger partial charge in [0.15, 0.2) is 0 Å². The van der Waals surface area contributed by atoms with Crippen LogP contribution in [0.15, 0.2) is 24.3 Å². The van der Waals surface area contributed by atoms with Gasteiger partial charge in [0, 0.05) is 47.9 Å². The van der Waals surface area contributed by atoms with Crippen LogP contribution in [0.4, 0.5) is 5.69 Å². The maximum atomic E-state index is 13.3. The summed E-state index contributed by atoms with van der Waals surface area (Å²) in [7, 11) is 3.62. The van der Waals surface area contributed by atoms with E-state index < -0.39 is 0 Å². The number of amides is 1. The van der Waals surface area contributed by atoms with Crippen LogP contribution in [-0.2, 0) is 27.2 Å². The molecule has 3 aromatic rings. The Kier molecular flexibility index (Phi) is 8.82. The summed E-state index contributed by atoms with van der Waals surface area (Å²) in [4.78, 5) is 31.2. The fourth-order valence-electron chi connectivity index (χ4n) is 5.24. The van der Waals surface area contributed by atoms with Crippen LogP contribution in [0.25, 0.3) is 22.3 Å². The number of fused-ring (bicyclic) bond motifs is 2. The maximum Gasteiger partial charge on any atom is 0.241 e. The van der Waals surface area contributed by atoms with Gasteiger partial charge in [-0.05, 0) is 69.3 Å². The van der Waals surface area contributed by atoms with Crippen LogP contribution in [0.1, 0.15) is 57.2 Å². The van der Waals surface area contributed by atoms with Crippen molar-refractivity contribution in [2.75, 3.05) is 45.3 Å². The predicted octanol–water partition coefficient (Wildman–Crippen LogP) is 4.74. The van der Waals surface area contributed by atoms with Gasteiger partial charge in [0.25, 0.3) is 0 Å². The summed E-state index contributed by atoms with van der Waals surface area (Å²) in [6, 6.07) is 8.27. The molecule has 1 aliphatic rings. The zero-order valence-corrected chi connectivity index (χ0v) is 22.7. The second-order valence-electron chi connectivity index (χ2n) is 11.1. The predicted molar refractivity (Wildman–Crippen MR) is 148 cm³/mol. The Balaban J connectivity index is 1.49. The summed E-state index contributed by atoms with van der Waals surface area (Å²) in [5, 5.41) is 9.04. The molecule has 0 spiro atoms. The van der Waals surface area contributed by atoms with E-state index in [1.165, 1.54) is 11.3 Å². The van der Waals surface area contributed by atoms with Crippen molar-refractivity contribution in [3.05, 3.63) is 35.5 Å². The van der Waals surface area contributed by atoms with Crippen molar-refractivity contribution in [1.82, 2.24) is 20.1 Å². The number of carbonyl (C=O) groups is 2. The van der Waals surface area contributed by atoms with Crippen LogP contribution >= 0.6 is 0 Å². The Morgan fingerprint density at radius 3 is 2.81 bits per heavy atom. The number of aromatic amines is 2. The number of aromatic nitrogens is 3. The van der Waals surface area contributed by atoms with Crippen molar-refractivity contribution < 1.29 is 14.3 Å². The highest BCUT2D eigenvalue weighted by atomic mass is 16.5. The number of aldehydes is 1. The van der Waals surface area contributed by atoms with Crippen molar-refractivity contribution >= 4 is 28.8 Å². The van der Waals surface area contributed by atoms with Gasteiger partial charge in [0.2, 0.25) is 5.91 Å². The summed E-state index contributed by atoms with van der Waals surface area (Å²) >= 11 is 0. The Labute approximate surface area is 219 Å². The van der Waals surface area contributed by atoms with E-state index >= 15 is 0 Å². The van der Waals surface area contributed by atoms with Crippen molar-refractivity contribution in [3.8, 4) is 11.4 Å². The molecule has 8 heteroatoms. The quantitative estimate of drug-likeness (QED) is 0.257. The second kappa shape index (κ2) is 12.0. The number of hydrogen-bond acceptors (Lipinski definition) is 5. The number of likely N-dealkylation sites (N-methyl/N-ethyl adjacent to an activating group) is 1. The molecule has 2 N–H and O–H groups in total. The van der Waals surface area contributed by atoms with Crippen LogP contribution in [0, 0.1) is 5.41 Å². The van der Waals surface area contributed by atoms with E-state index in [-0.39, 0.29) is 5.91 Å². The molecule has 2 heterocycles. The third-order valence-corrected chi connectivity index (χ3v) is 7.42. The molecule has 0 bridgehead atoms. The Hall–Kier alpha value is -2.97. The first-order chi connectivity index (χ1) is 17.8. The fourth-order valence-corrected chi connectivity index (χ4v) is 5.24. The van der Waals surface area contributed by atoms with Gasteiger partial charge in [-0.1, -0.05) is 26.3 Å². The van der Waals surface area contributed by atoms with Crippen molar-refractivity contribution in [2.24, 2.45) is 5.41 Å². The highest BCUT2D eigenvalue weighted by Crippen LogP contribution is 2.38. The normalized spacial score (nSPS) is 14.7. The third-order valence-electron chi connectivity index (χ3n) is 7.42. The second-order valence-corrected chi connectivity index (χ2v) is 11.1. The zero-order valence-electron chi connectivity index (χ0n) is 22.7. The van der Waals surface area contributed by atoms with Gasteiger partial charge in [-0.15, -0.1) is 0 Å². The Morgan fingerprint density at radius 1 is 1.19 bits per heavy atom. The number of rotatable bonds is 13. The summed E-state index contributed by atoms with van der Waals surface area (Å²) < 4.78 is 5.30. The lowest BCUT2D eigenvalue weighted by molar-refractivity contribution is -0.119. The van der Waals surface area contributed by atoms with Crippen molar-refractivity contribution in [1.29, 1.82) is 0 Å². The molecule has 2 aromatic heterocycles. The van der Waals surface area contributed by atoms with Gasteiger partial charge < -0.3 is 19.4 Å². The smallest absolute Gasteiger partial charge is 0.241 e. The SMILES string of the molecule is COCCN(C(=O)CN(C)CCCCCC=O)c1ccc2cc(-c3n[nH]c4c3CCC(C)(C)C4)[nH]c2c1. The van der Waals surface area contributed by atoms with Gasteiger partial charge in [0.1, 0.15) is 12.0 Å². The first-order valence-corrected chi connectivity index (χ1v) is 13.4. The minimum atomic E-state index is 0.0440. The number of hydrogen-bond donors (Lipinski definition) is 2. The molecule has 0 saturated heterocycles.